The van der Waals surface area contributed by atoms with Crippen molar-refractivity contribution in [2.45, 2.75) is 18.9 Å². The Bertz CT molecular complexity index is 528. The smallest absolute Gasteiger partial charge is 0.118 e. The quantitative estimate of drug-likeness (QED) is 0.913. The van der Waals surface area contributed by atoms with Gasteiger partial charge >= 0.3 is 0 Å². The van der Waals surface area contributed by atoms with Crippen molar-refractivity contribution in [2.24, 2.45) is 5.73 Å². The molecule has 0 radical (unpaired) electrons. The summed E-state index contributed by atoms with van der Waals surface area (Å²) in [5.74, 6) is 0.856. The maximum Gasteiger partial charge on any atom is 0.118 e. The zero-order valence-electron chi connectivity index (χ0n) is 10.8. The van der Waals surface area contributed by atoms with Gasteiger partial charge in [-0.05, 0) is 42.2 Å². The van der Waals surface area contributed by atoms with Crippen molar-refractivity contribution in [3.63, 3.8) is 0 Å². The first kappa shape index (κ1) is 13.8. The van der Waals surface area contributed by atoms with Gasteiger partial charge in [0.15, 0.2) is 0 Å². The van der Waals surface area contributed by atoms with Crippen LogP contribution in [0, 0.1) is 0 Å². The number of methoxy groups -OCH3 is 1. The molecule has 0 amide bonds. The molecule has 19 heavy (non-hydrogen) atoms. The fraction of sp³-hybridized carbons (Fsp3) is 0.267. The summed E-state index contributed by atoms with van der Waals surface area (Å²) in [5, 5.41) is 0.674. The SMILES string of the molecule is COc1ccc(CC(N)Cc2ccncc2Cl)cc1. The number of hydrogen-bond acceptors (Lipinski definition) is 3. The molecule has 0 bridgehead atoms. The zero-order chi connectivity index (χ0) is 13.7. The highest BCUT2D eigenvalue weighted by atomic mass is 35.5. The monoisotopic (exact) mass is 276 g/mol. The van der Waals surface area contributed by atoms with Gasteiger partial charge in [-0.2, -0.15) is 0 Å². The highest BCUT2D eigenvalue weighted by Gasteiger charge is 2.08. The van der Waals surface area contributed by atoms with Crippen LogP contribution >= 0.6 is 11.6 Å². The molecule has 0 spiro atoms. The maximum atomic E-state index is 6.17. The maximum absolute atomic E-state index is 6.17. The van der Waals surface area contributed by atoms with Crippen LogP contribution in [-0.2, 0) is 12.8 Å². The molecule has 1 atom stereocenters. The second-order valence-corrected chi connectivity index (χ2v) is 4.89. The average molecular weight is 277 g/mol. The van der Waals surface area contributed by atoms with E-state index in [1.54, 1.807) is 19.5 Å². The first-order valence-corrected chi connectivity index (χ1v) is 6.53. The lowest BCUT2D eigenvalue weighted by Crippen LogP contribution is -2.25. The lowest BCUT2D eigenvalue weighted by Gasteiger charge is -2.13. The molecule has 2 rings (SSSR count). The largest absolute Gasteiger partial charge is 0.497 e. The van der Waals surface area contributed by atoms with Gasteiger partial charge in [-0.25, -0.2) is 0 Å². The summed E-state index contributed by atoms with van der Waals surface area (Å²) in [6, 6.07) is 9.91. The Morgan fingerprint density at radius 2 is 1.95 bits per heavy atom. The first-order valence-electron chi connectivity index (χ1n) is 6.16. The average Bonchev–Trinajstić information content (AvgIpc) is 2.42. The van der Waals surface area contributed by atoms with Crippen molar-refractivity contribution < 1.29 is 4.74 Å². The van der Waals surface area contributed by atoms with Crippen LogP contribution in [0.3, 0.4) is 0 Å². The molecule has 2 N–H and O–H groups in total. The lowest BCUT2D eigenvalue weighted by molar-refractivity contribution is 0.414. The number of hydrogen-bond donors (Lipinski definition) is 1. The van der Waals surface area contributed by atoms with Gasteiger partial charge in [-0.1, -0.05) is 23.7 Å². The van der Waals surface area contributed by atoms with Crippen molar-refractivity contribution in [3.8, 4) is 5.75 Å². The van der Waals surface area contributed by atoms with Crippen molar-refractivity contribution in [2.75, 3.05) is 7.11 Å². The molecule has 4 heteroatoms. The van der Waals surface area contributed by atoms with Gasteiger partial charge in [-0.15, -0.1) is 0 Å². The summed E-state index contributed by atoms with van der Waals surface area (Å²) in [5.41, 5.74) is 8.40. The van der Waals surface area contributed by atoms with Crippen LogP contribution in [0.4, 0.5) is 0 Å². The molecule has 1 aromatic heterocycles. The Labute approximate surface area is 118 Å². The summed E-state index contributed by atoms with van der Waals surface area (Å²) in [6.07, 6.45) is 4.94. The minimum absolute atomic E-state index is 0.0355. The van der Waals surface area contributed by atoms with Gasteiger partial charge in [0.2, 0.25) is 0 Å². The van der Waals surface area contributed by atoms with Crippen molar-refractivity contribution >= 4 is 11.6 Å². The molecule has 2 aromatic rings. The summed E-state index contributed by atoms with van der Waals surface area (Å²) < 4.78 is 5.13. The van der Waals surface area contributed by atoms with Crippen LogP contribution in [0.15, 0.2) is 42.7 Å². The van der Waals surface area contributed by atoms with Crippen LogP contribution in [0.1, 0.15) is 11.1 Å². The molecule has 0 saturated carbocycles. The van der Waals surface area contributed by atoms with Gasteiger partial charge in [0.05, 0.1) is 12.1 Å². The molecule has 0 saturated heterocycles. The standard InChI is InChI=1S/C15H17ClN2O/c1-19-14-4-2-11(3-5-14)8-13(17)9-12-6-7-18-10-15(12)16/h2-7,10,13H,8-9,17H2,1H3. The van der Waals surface area contributed by atoms with Gasteiger partial charge < -0.3 is 10.5 Å². The van der Waals surface area contributed by atoms with E-state index < -0.39 is 0 Å². The van der Waals surface area contributed by atoms with Gasteiger partial charge in [0.1, 0.15) is 5.75 Å². The molecule has 100 valence electrons. The third-order valence-electron chi connectivity index (χ3n) is 3.00. The predicted molar refractivity (Wildman–Crippen MR) is 77.6 cm³/mol. The van der Waals surface area contributed by atoms with E-state index in [-0.39, 0.29) is 6.04 Å². The summed E-state index contributed by atoms with van der Waals surface area (Å²) in [4.78, 5) is 3.97. The molecule has 0 fully saturated rings. The molecular formula is C15H17ClN2O. The number of benzene rings is 1. The van der Waals surface area contributed by atoms with Crippen molar-refractivity contribution in [1.82, 2.24) is 4.98 Å². The number of halogens is 1. The molecule has 0 aliphatic carbocycles. The van der Waals surface area contributed by atoms with Gasteiger partial charge in [-0.3, -0.25) is 4.98 Å². The Morgan fingerprint density at radius 1 is 1.21 bits per heavy atom. The molecule has 0 aliphatic rings. The minimum Gasteiger partial charge on any atom is -0.497 e. The van der Waals surface area contributed by atoms with Gasteiger partial charge in [0.25, 0.3) is 0 Å². The number of nitrogens with zero attached hydrogens (tertiary/aromatic N) is 1. The summed E-state index contributed by atoms with van der Waals surface area (Å²) in [7, 11) is 1.66. The van der Waals surface area contributed by atoms with E-state index in [0.29, 0.717) is 5.02 Å². The zero-order valence-corrected chi connectivity index (χ0v) is 11.6. The fourth-order valence-electron chi connectivity index (χ4n) is 1.99. The van der Waals surface area contributed by atoms with Crippen LogP contribution in [0.2, 0.25) is 5.02 Å². The topological polar surface area (TPSA) is 48.1 Å². The third kappa shape index (κ3) is 3.94. The molecule has 3 nitrogen and oxygen atoms in total. The van der Waals surface area contributed by atoms with Gasteiger partial charge in [0, 0.05) is 18.4 Å². The molecule has 1 aromatic carbocycles. The highest BCUT2D eigenvalue weighted by Crippen LogP contribution is 2.17. The highest BCUT2D eigenvalue weighted by molar-refractivity contribution is 6.31. The number of rotatable bonds is 5. The van der Waals surface area contributed by atoms with Crippen LogP contribution in [-0.4, -0.2) is 18.1 Å². The van der Waals surface area contributed by atoms with E-state index in [1.807, 2.05) is 30.3 Å². The second kappa shape index (κ2) is 6.55. The summed E-state index contributed by atoms with van der Waals surface area (Å²) in [6.45, 7) is 0. The van der Waals surface area contributed by atoms with Crippen LogP contribution in [0.5, 0.6) is 5.75 Å². The Morgan fingerprint density at radius 3 is 2.58 bits per heavy atom. The number of aromatic nitrogens is 1. The van der Waals surface area contributed by atoms with Crippen molar-refractivity contribution in [1.29, 1.82) is 0 Å². The van der Waals surface area contributed by atoms with E-state index in [9.17, 15) is 0 Å². The van der Waals surface area contributed by atoms with E-state index >= 15 is 0 Å². The Balaban J connectivity index is 1.97. The fourth-order valence-corrected chi connectivity index (χ4v) is 2.19. The summed E-state index contributed by atoms with van der Waals surface area (Å²) >= 11 is 6.08. The predicted octanol–water partition coefficient (Wildman–Crippen LogP) is 2.86. The van der Waals surface area contributed by atoms with E-state index in [4.69, 9.17) is 22.1 Å². The van der Waals surface area contributed by atoms with E-state index in [0.717, 1.165) is 24.2 Å². The van der Waals surface area contributed by atoms with Crippen molar-refractivity contribution in [3.05, 3.63) is 58.9 Å². The number of pyridine rings is 1. The Hall–Kier alpha value is -1.58. The minimum atomic E-state index is 0.0355. The molecule has 0 aliphatic heterocycles. The first-order chi connectivity index (χ1) is 9.19. The normalized spacial score (nSPS) is 12.2. The van der Waals surface area contributed by atoms with E-state index in [1.165, 1.54) is 5.56 Å². The van der Waals surface area contributed by atoms with Crippen LogP contribution in [0.25, 0.3) is 0 Å². The molecule has 1 unspecified atom stereocenters. The number of nitrogens with two attached hydrogens (primary N) is 1. The number of ether oxygens (including phenoxy) is 1. The second-order valence-electron chi connectivity index (χ2n) is 4.48. The van der Waals surface area contributed by atoms with E-state index in [2.05, 4.69) is 4.98 Å². The van der Waals surface area contributed by atoms with Crippen LogP contribution < -0.4 is 10.5 Å². The third-order valence-corrected chi connectivity index (χ3v) is 3.34. The molecule has 1 heterocycles. The molecular weight excluding hydrogens is 260 g/mol. The Kier molecular flexibility index (Phi) is 4.77. The lowest BCUT2D eigenvalue weighted by atomic mass is 10.0.